The molecule has 1 heterocycles. The van der Waals surface area contributed by atoms with E-state index >= 15 is 0 Å². The number of nitrogens with zero attached hydrogens (tertiary/aromatic N) is 1. The molecule has 138 valence electrons. The lowest BCUT2D eigenvalue weighted by molar-refractivity contribution is -0.123. The SMILES string of the molecule is CC(OC(=O)c1ccc2nc(Cl)ccc2c1)C(=O)Nc1ccc(F)cc1Cl. The molecule has 2 aromatic carbocycles. The van der Waals surface area contributed by atoms with E-state index in [-0.39, 0.29) is 16.3 Å². The summed E-state index contributed by atoms with van der Waals surface area (Å²) in [6, 6.07) is 11.7. The van der Waals surface area contributed by atoms with Crippen molar-refractivity contribution in [3.63, 3.8) is 0 Å². The fourth-order valence-electron chi connectivity index (χ4n) is 2.34. The van der Waals surface area contributed by atoms with Crippen molar-refractivity contribution >= 4 is 51.7 Å². The highest BCUT2D eigenvalue weighted by atomic mass is 35.5. The van der Waals surface area contributed by atoms with Crippen LogP contribution in [0.3, 0.4) is 0 Å². The van der Waals surface area contributed by atoms with Gasteiger partial charge in [0, 0.05) is 5.39 Å². The van der Waals surface area contributed by atoms with E-state index in [2.05, 4.69) is 10.3 Å². The van der Waals surface area contributed by atoms with Crippen molar-refractivity contribution in [3.05, 3.63) is 70.1 Å². The maximum absolute atomic E-state index is 13.1. The van der Waals surface area contributed by atoms with Crippen LogP contribution in [0.5, 0.6) is 0 Å². The molecule has 0 fully saturated rings. The Morgan fingerprint density at radius 1 is 1.11 bits per heavy atom. The van der Waals surface area contributed by atoms with Gasteiger partial charge in [0.2, 0.25) is 0 Å². The Kier molecular flexibility index (Phi) is 5.58. The van der Waals surface area contributed by atoms with Crippen LogP contribution in [0, 0.1) is 5.82 Å². The Hall–Kier alpha value is -2.70. The molecule has 1 unspecified atom stereocenters. The molecule has 3 aromatic rings. The number of ether oxygens (including phenoxy) is 1. The van der Waals surface area contributed by atoms with Gasteiger partial charge >= 0.3 is 5.97 Å². The summed E-state index contributed by atoms with van der Waals surface area (Å²) in [5, 5.41) is 3.60. The highest BCUT2D eigenvalue weighted by Crippen LogP contribution is 2.23. The molecule has 0 aliphatic rings. The molecule has 0 radical (unpaired) electrons. The van der Waals surface area contributed by atoms with Crippen LogP contribution in [-0.4, -0.2) is 23.0 Å². The summed E-state index contributed by atoms with van der Waals surface area (Å²) in [6.07, 6.45) is -1.09. The van der Waals surface area contributed by atoms with Crippen LogP contribution in [0.25, 0.3) is 10.9 Å². The van der Waals surface area contributed by atoms with Gasteiger partial charge in [-0.2, -0.15) is 0 Å². The van der Waals surface area contributed by atoms with Crippen molar-refractivity contribution in [2.24, 2.45) is 0 Å². The van der Waals surface area contributed by atoms with Gasteiger partial charge in [-0.3, -0.25) is 4.79 Å². The number of carbonyl (C=O) groups is 2. The van der Waals surface area contributed by atoms with E-state index < -0.39 is 23.8 Å². The molecule has 1 atom stereocenters. The van der Waals surface area contributed by atoms with Gasteiger partial charge in [-0.25, -0.2) is 14.2 Å². The van der Waals surface area contributed by atoms with Gasteiger partial charge in [-0.15, -0.1) is 0 Å². The lowest BCUT2D eigenvalue weighted by Gasteiger charge is -2.14. The topological polar surface area (TPSA) is 68.3 Å². The minimum absolute atomic E-state index is 0.0440. The summed E-state index contributed by atoms with van der Waals surface area (Å²) in [5.41, 5.74) is 1.13. The first kappa shape index (κ1) is 19.1. The first-order valence-corrected chi connectivity index (χ1v) is 8.62. The number of aromatic nitrogens is 1. The number of rotatable bonds is 4. The largest absolute Gasteiger partial charge is 0.449 e. The standard InChI is InChI=1S/C19H13Cl2FN2O3/c1-10(18(25)24-16-6-4-13(22)9-14(16)20)27-19(26)12-2-5-15-11(8-12)3-7-17(21)23-15/h2-10H,1H3,(H,24,25). The highest BCUT2D eigenvalue weighted by molar-refractivity contribution is 6.33. The summed E-state index contributed by atoms with van der Waals surface area (Å²) in [4.78, 5) is 28.6. The third-order valence-corrected chi connectivity index (χ3v) is 4.26. The monoisotopic (exact) mass is 406 g/mol. The molecule has 8 heteroatoms. The molecule has 0 aliphatic heterocycles. The van der Waals surface area contributed by atoms with Crippen LogP contribution >= 0.6 is 23.2 Å². The summed E-state index contributed by atoms with van der Waals surface area (Å²) in [7, 11) is 0. The van der Waals surface area contributed by atoms with Crippen LogP contribution < -0.4 is 5.32 Å². The quantitative estimate of drug-likeness (QED) is 0.495. The minimum atomic E-state index is -1.09. The Bertz CT molecular complexity index is 1040. The van der Waals surface area contributed by atoms with E-state index in [1.165, 1.54) is 19.1 Å². The average Bonchev–Trinajstić information content (AvgIpc) is 2.63. The van der Waals surface area contributed by atoms with Gasteiger partial charge in [0.05, 0.1) is 21.8 Å². The van der Waals surface area contributed by atoms with Gasteiger partial charge in [0.15, 0.2) is 6.10 Å². The number of anilines is 1. The predicted molar refractivity (Wildman–Crippen MR) is 102 cm³/mol. The van der Waals surface area contributed by atoms with Gasteiger partial charge in [-0.1, -0.05) is 23.2 Å². The molecule has 1 amide bonds. The smallest absolute Gasteiger partial charge is 0.338 e. The fourth-order valence-corrected chi connectivity index (χ4v) is 2.70. The molecule has 3 rings (SSSR count). The zero-order valence-corrected chi connectivity index (χ0v) is 15.5. The van der Waals surface area contributed by atoms with Crippen molar-refractivity contribution < 1.29 is 18.7 Å². The summed E-state index contributed by atoms with van der Waals surface area (Å²) in [6.45, 7) is 1.42. The van der Waals surface area contributed by atoms with E-state index in [1.54, 1.807) is 24.3 Å². The number of benzene rings is 2. The molecular weight excluding hydrogens is 394 g/mol. The van der Waals surface area contributed by atoms with Gasteiger partial charge in [0.1, 0.15) is 11.0 Å². The van der Waals surface area contributed by atoms with Gasteiger partial charge in [-0.05, 0) is 55.5 Å². The minimum Gasteiger partial charge on any atom is -0.449 e. The second kappa shape index (κ2) is 7.90. The number of hydrogen-bond acceptors (Lipinski definition) is 4. The molecule has 0 bridgehead atoms. The number of esters is 1. The van der Waals surface area contributed by atoms with E-state index in [9.17, 15) is 14.0 Å². The highest BCUT2D eigenvalue weighted by Gasteiger charge is 2.20. The number of halogens is 3. The van der Waals surface area contributed by atoms with Crippen LogP contribution in [0.1, 0.15) is 17.3 Å². The molecule has 0 spiro atoms. The normalized spacial score (nSPS) is 11.9. The van der Waals surface area contributed by atoms with Crippen molar-refractivity contribution in [1.29, 1.82) is 0 Å². The fraction of sp³-hybridized carbons (Fsp3) is 0.105. The Labute approximate surface area is 164 Å². The zero-order valence-electron chi connectivity index (χ0n) is 14.0. The lowest BCUT2D eigenvalue weighted by Crippen LogP contribution is -2.30. The predicted octanol–water partition coefficient (Wildman–Crippen LogP) is 4.86. The van der Waals surface area contributed by atoms with Crippen LogP contribution in [0.4, 0.5) is 10.1 Å². The third kappa shape index (κ3) is 4.53. The van der Waals surface area contributed by atoms with E-state index in [0.717, 1.165) is 12.1 Å². The number of nitrogens with one attached hydrogen (secondary N) is 1. The summed E-state index contributed by atoms with van der Waals surface area (Å²) >= 11 is 11.7. The van der Waals surface area contributed by atoms with Crippen LogP contribution in [-0.2, 0) is 9.53 Å². The maximum atomic E-state index is 13.1. The molecular formula is C19H13Cl2FN2O3. The second-order valence-electron chi connectivity index (χ2n) is 5.70. The molecule has 1 N–H and O–H groups in total. The lowest BCUT2D eigenvalue weighted by atomic mass is 10.1. The van der Waals surface area contributed by atoms with Crippen molar-refractivity contribution in [2.45, 2.75) is 13.0 Å². The van der Waals surface area contributed by atoms with Crippen LogP contribution in [0.2, 0.25) is 10.2 Å². The second-order valence-corrected chi connectivity index (χ2v) is 6.50. The molecule has 0 saturated carbocycles. The Morgan fingerprint density at radius 3 is 2.63 bits per heavy atom. The number of pyridine rings is 1. The van der Waals surface area contributed by atoms with E-state index in [1.807, 2.05) is 0 Å². The first-order valence-electron chi connectivity index (χ1n) is 7.87. The molecule has 0 aliphatic carbocycles. The molecule has 5 nitrogen and oxygen atoms in total. The molecule has 0 saturated heterocycles. The Balaban J connectivity index is 1.69. The van der Waals surface area contributed by atoms with Crippen LogP contribution in [0.15, 0.2) is 48.5 Å². The van der Waals surface area contributed by atoms with Crippen molar-refractivity contribution in [2.75, 3.05) is 5.32 Å². The number of hydrogen-bond donors (Lipinski definition) is 1. The maximum Gasteiger partial charge on any atom is 0.338 e. The zero-order chi connectivity index (χ0) is 19.6. The summed E-state index contributed by atoms with van der Waals surface area (Å²) < 4.78 is 18.3. The average molecular weight is 407 g/mol. The van der Waals surface area contributed by atoms with E-state index in [4.69, 9.17) is 27.9 Å². The Morgan fingerprint density at radius 2 is 1.89 bits per heavy atom. The third-order valence-electron chi connectivity index (χ3n) is 3.73. The number of carbonyl (C=O) groups excluding carboxylic acids is 2. The molecule has 27 heavy (non-hydrogen) atoms. The van der Waals surface area contributed by atoms with Crippen molar-refractivity contribution in [3.8, 4) is 0 Å². The van der Waals surface area contributed by atoms with E-state index in [0.29, 0.717) is 16.1 Å². The number of amides is 1. The van der Waals surface area contributed by atoms with Gasteiger partial charge in [0.25, 0.3) is 5.91 Å². The molecule has 1 aromatic heterocycles. The first-order chi connectivity index (χ1) is 12.8. The number of fused-ring (bicyclic) bond motifs is 1. The summed E-state index contributed by atoms with van der Waals surface area (Å²) in [5.74, 6) is -1.78. The van der Waals surface area contributed by atoms with Crippen molar-refractivity contribution in [1.82, 2.24) is 4.98 Å². The van der Waals surface area contributed by atoms with Gasteiger partial charge < -0.3 is 10.1 Å².